The molecular formula is C16H29N. The molecule has 0 amide bonds. The van der Waals surface area contributed by atoms with Gasteiger partial charge < -0.3 is 4.90 Å². The van der Waals surface area contributed by atoms with E-state index in [1.165, 1.54) is 12.1 Å². The van der Waals surface area contributed by atoms with Crippen molar-refractivity contribution in [3.05, 3.63) is 24.4 Å². The third-order valence-corrected chi connectivity index (χ3v) is 4.73. The maximum atomic E-state index is 3.93. The van der Waals surface area contributed by atoms with Crippen LogP contribution in [-0.2, 0) is 0 Å². The predicted molar refractivity (Wildman–Crippen MR) is 76.8 cm³/mol. The lowest BCUT2D eigenvalue weighted by Crippen LogP contribution is -2.47. The third kappa shape index (κ3) is 3.14. The fourth-order valence-corrected chi connectivity index (χ4v) is 2.72. The van der Waals surface area contributed by atoms with Crippen molar-refractivity contribution in [3.63, 3.8) is 0 Å². The van der Waals surface area contributed by atoms with E-state index < -0.39 is 0 Å². The van der Waals surface area contributed by atoms with Gasteiger partial charge in [0.15, 0.2) is 0 Å². The van der Waals surface area contributed by atoms with Crippen LogP contribution in [-0.4, -0.2) is 17.5 Å². The number of nitrogens with zero attached hydrogens (tertiary/aromatic N) is 1. The minimum Gasteiger partial charge on any atom is -0.374 e. The first-order valence-corrected chi connectivity index (χ1v) is 6.98. The molecule has 0 saturated carbocycles. The van der Waals surface area contributed by atoms with E-state index in [-0.39, 0.29) is 0 Å². The molecule has 0 N–H and O–H groups in total. The van der Waals surface area contributed by atoms with E-state index >= 15 is 0 Å². The van der Waals surface area contributed by atoms with Crippen molar-refractivity contribution in [3.8, 4) is 0 Å². The van der Waals surface area contributed by atoms with Crippen molar-refractivity contribution in [2.75, 3.05) is 6.54 Å². The number of allylic oxidation sites excluding steroid dienone is 2. The van der Waals surface area contributed by atoms with Gasteiger partial charge in [-0.2, -0.15) is 0 Å². The molecule has 0 aromatic carbocycles. The first-order chi connectivity index (χ1) is 7.88. The Bertz CT molecular complexity index is 290. The molecule has 0 aromatic rings. The Morgan fingerprint density at radius 1 is 1.18 bits per heavy atom. The summed E-state index contributed by atoms with van der Waals surface area (Å²) in [5.74, 6) is 2.91. The van der Waals surface area contributed by atoms with Gasteiger partial charge in [0, 0.05) is 18.8 Å². The van der Waals surface area contributed by atoms with Crippen molar-refractivity contribution < 1.29 is 0 Å². The summed E-state index contributed by atoms with van der Waals surface area (Å²) >= 11 is 0. The second-order valence-corrected chi connectivity index (χ2v) is 6.12. The smallest absolute Gasteiger partial charge is 0.0284 e. The van der Waals surface area contributed by atoms with E-state index in [1.54, 1.807) is 0 Å². The van der Waals surface area contributed by atoms with E-state index in [4.69, 9.17) is 0 Å². The van der Waals surface area contributed by atoms with Crippen molar-refractivity contribution in [2.24, 2.45) is 23.7 Å². The molecule has 17 heavy (non-hydrogen) atoms. The molecule has 98 valence electrons. The average molecular weight is 235 g/mol. The van der Waals surface area contributed by atoms with E-state index in [2.05, 4.69) is 59.2 Å². The standard InChI is InChI=1S/C16H29N/c1-8-16(11(2)3)10-17-9-12(4)13(5)14(6)15(17)7/h8,10-15H,1,9H2,2-7H3/b16-10+. The summed E-state index contributed by atoms with van der Waals surface area (Å²) in [6.07, 6.45) is 4.34. The molecule has 1 rings (SSSR count). The normalized spacial score (nSPS) is 35.2. The average Bonchev–Trinajstić information content (AvgIpc) is 2.29. The maximum absolute atomic E-state index is 3.93. The van der Waals surface area contributed by atoms with E-state index in [9.17, 15) is 0 Å². The molecule has 0 bridgehead atoms. The summed E-state index contributed by atoms with van der Waals surface area (Å²) in [4.78, 5) is 2.52. The molecule has 1 aliphatic rings. The van der Waals surface area contributed by atoms with Crippen LogP contribution in [0.5, 0.6) is 0 Å². The van der Waals surface area contributed by atoms with Gasteiger partial charge in [0.1, 0.15) is 0 Å². The third-order valence-electron chi connectivity index (χ3n) is 4.73. The highest BCUT2D eigenvalue weighted by atomic mass is 15.2. The second-order valence-electron chi connectivity index (χ2n) is 6.12. The summed E-state index contributed by atoms with van der Waals surface area (Å²) < 4.78 is 0. The zero-order chi connectivity index (χ0) is 13.2. The zero-order valence-corrected chi connectivity index (χ0v) is 12.4. The molecular weight excluding hydrogens is 206 g/mol. The monoisotopic (exact) mass is 235 g/mol. The molecule has 1 fully saturated rings. The molecule has 1 saturated heterocycles. The van der Waals surface area contributed by atoms with Gasteiger partial charge in [0.05, 0.1) is 0 Å². The molecule has 1 aliphatic heterocycles. The quantitative estimate of drug-likeness (QED) is 0.658. The predicted octanol–water partition coefficient (Wildman–Crippen LogP) is 4.32. The van der Waals surface area contributed by atoms with E-state index in [1.807, 2.05) is 6.08 Å². The van der Waals surface area contributed by atoms with Crippen molar-refractivity contribution in [1.82, 2.24) is 4.90 Å². The van der Waals surface area contributed by atoms with Crippen LogP contribution in [0.3, 0.4) is 0 Å². The van der Waals surface area contributed by atoms with Crippen molar-refractivity contribution in [1.29, 1.82) is 0 Å². The summed E-state index contributed by atoms with van der Waals surface area (Å²) in [5.41, 5.74) is 1.35. The highest BCUT2D eigenvalue weighted by Gasteiger charge is 2.33. The first kappa shape index (κ1) is 14.3. The Morgan fingerprint density at radius 3 is 2.24 bits per heavy atom. The molecule has 0 aromatic heterocycles. The number of rotatable bonds is 3. The Labute approximate surface area is 108 Å². The lowest BCUT2D eigenvalue weighted by atomic mass is 9.77. The molecule has 1 heterocycles. The van der Waals surface area contributed by atoms with Gasteiger partial charge in [0.25, 0.3) is 0 Å². The van der Waals surface area contributed by atoms with Gasteiger partial charge in [0.2, 0.25) is 0 Å². The summed E-state index contributed by atoms with van der Waals surface area (Å²) in [7, 11) is 0. The van der Waals surface area contributed by atoms with Crippen LogP contribution < -0.4 is 0 Å². The Hall–Kier alpha value is -0.720. The largest absolute Gasteiger partial charge is 0.374 e. The van der Waals surface area contributed by atoms with Crippen LogP contribution in [0.15, 0.2) is 24.4 Å². The lowest BCUT2D eigenvalue weighted by molar-refractivity contribution is 0.0701. The fourth-order valence-electron chi connectivity index (χ4n) is 2.72. The van der Waals surface area contributed by atoms with Gasteiger partial charge in [-0.3, -0.25) is 0 Å². The van der Waals surface area contributed by atoms with Crippen molar-refractivity contribution in [2.45, 2.75) is 47.6 Å². The number of hydrogen-bond donors (Lipinski definition) is 0. The summed E-state index contributed by atoms with van der Waals surface area (Å²) in [5, 5.41) is 0. The van der Waals surface area contributed by atoms with Gasteiger partial charge >= 0.3 is 0 Å². The molecule has 0 aliphatic carbocycles. The lowest BCUT2D eigenvalue weighted by Gasteiger charge is -2.45. The summed E-state index contributed by atoms with van der Waals surface area (Å²) in [6.45, 7) is 19.1. The van der Waals surface area contributed by atoms with Gasteiger partial charge in [-0.15, -0.1) is 0 Å². The Morgan fingerprint density at radius 2 is 1.76 bits per heavy atom. The maximum Gasteiger partial charge on any atom is 0.0284 e. The minimum absolute atomic E-state index is 0.560. The van der Waals surface area contributed by atoms with E-state index in [0.717, 1.165) is 17.8 Å². The molecule has 4 unspecified atom stereocenters. The SMILES string of the molecule is C=C/C(=C\N1CC(C)C(C)C(C)C1C)C(C)C. The molecule has 0 radical (unpaired) electrons. The number of hydrogen-bond acceptors (Lipinski definition) is 1. The van der Waals surface area contributed by atoms with Gasteiger partial charge in [-0.05, 0) is 36.2 Å². The zero-order valence-electron chi connectivity index (χ0n) is 12.4. The number of piperidine rings is 1. The van der Waals surface area contributed by atoms with Gasteiger partial charge in [-0.1, -0.05) is 47.3 Å². The van der Waals surface area contributed by atoms with Crippen LogP contribution in [0, 0.1) is 23.7 Å². The molecule has 0 spiro atoms. The summed E-state index contributed by atoms with van der Waals surface area (Å²) in [6, 6.07) is 0.634. The molecule has 1 heteroatoms. The number of likely N-dealkylation sites (tertiary alicyclic amines) is 1. The van der Waals surface area contributed by atoms with Crippen molar-refractivity contribution >= 4 is 0 Å². The fraction of sp³-hybridized carbons (Fsp3) is 0.750. The van der Waals surface area contributed by atoms with Crippen LogP contribution in [0.2, 0.25) is 0 Å². The van der Waals surface area contributed by atoms with E-state index in [0.29, 0.717) is 12.0 Å². The van der Waals surface area contributed by atoms with Gasteiger partial charge in [-0.25, -0.2) is 0 Å². The highest BCUT2D eigenvalue weighted by Crippen LogP contribution is 2.33. The Balaban J connectivity index is 2.87. The van der Waals surface area contributed by atoms with Crippen LogP contribution in [0.25, 0.3) is 0 Å². The topological polar surface area (TPSA) is 3.24 Å². The molecule has 4 atom stereocenters. The second kappa shape index (κ2) is 5.75. The minimum atomic E-state index is 0.560. The van der Waals surface area contributed by atoms with Crippen LogP contribution >= 0.6 is 0 Å². The van der Waals surface area contributed by atoms with Crippen LogP contribution in [0.1, 0.15) is 41.5 Å². The molecule has 1 nitrogen and oxygen atoms in total. The first-order valence-electron chi connectivity index (χ1n) is 6.98. The Kier molecular flexibility index (Phi) is 4.85. The van der Waals surface area contributed by atoms with Crippen LogP contribution in [0.4, 0.5) is 0 Å². The highest BCUT2D eigenvalue weighted by molar-refractivity contribution is 5.18.